The summed E-state index contributed by atoms with van der Waals surface area (Å²) in [6.07, 6.45) is 2.25. The lowest BCUT2D eigenvalue weighted by Crippen LogP contribution is -2.35. The second-order valence-electron chi connectivity index (χ2n) is 7.62. The van der Waals surface area contributed by atoms with Crippen molar-refractivity contribution in [3.8, 4) is 5.75 Å². The first-order valence-electron chi connectivity index (χ1n) is 10.9. The Balaban J connectivity index is 1.84. The zero-order valence-corrected chi connectivity index (χ0v) is 20.9. The van der Waals surface area contributed by atoms with Crippen molar-refractivity contribution in [3.05, 3.63) is 77.7 Å². The fourth-order valence-electron chi connectivity index (χ4n) is 3.17. The predicted molar refractivity (Wildman–Crippen MR) is 135 cm³/mol. The average Bonchev–Trinajstić information content (AvgIpc) is 3.24. The van der Waals surface area contributed by atoms with Crippen LogP contribution in [0.3, 0.4) is 0 Å². The Morgan fingerprint density at radius 3 is 2.62 bits per heavy atom. The van der Waals surface area contributed by atoms with Crippen LogP contribution in [-0.2, 0) is 25.0 Å². The standard InChI is InChI=1S/C25H28NO6PS/c1-4-13-30-24(27)18(3)26-33(29,32-21-9-7-6-8-10-21)17-19-11-12-22-20(15-19)16-23(34-22)25(28)31-14-5-2/h5-12,15-16,18H,2,4,13-14,17H2,1,3H3,(H,26,29)/t18-,33?/m0/s1. The average molecular weight is 502 g/mol. The van der Waals surface area contributed by atoms with Crippen LogP contribution >= 0.6 is 18.9 Å². The number of hydrogen-bond acceptors (Lipinski definition) is 7. The Labute approximate surface area is 203 Å². The van der Waals surface area contributed by atoms with Gasteiger partial charge in [-0.1, -0.05) is 43.8 Å². The van der Waals surface area contributed by atoms with Crippen LogP contribution in [0.25, 0.3) is 10.1 Å². The van der Waals surface area contributed by atoms with Gasteiger partial charge in [-0.2, -0.15) is 0 Å². The van der Waals surface area contributed by atoms with Gasteiger partial charge in [0.05, 0.1) is 12.8 Å². The van der Waals surface area contributed by atoms with Crippen molar-refractivity contribution in [3.63, 3.8) is 0 Å². The highest BCUT2D eigenvalue weighted by Crippen LogP contribution is 2.47. The van der Waals surface area contributed by atoms with Gasteiger partial charge in [0.15, 0.2) is 0 Å². The molecule has 3 rings (SSSR count). The number of hydrogen-bond donors (Lipinski definition) is 1. The predicted octanol–water partition coefficient (Wildman–Crippen LogP) is 5.95. The highest BCUT2D eigenvalue weighted by atomic mass is 32.1. The third-order valence-corrected chi connectivity index (χ3v) is 7.86. The first kappa shape index (κ1) is 25.7. The van der Waals surface area contributed by atoms with Gasteiger partial charge in [0, 0.05) is 4.70 Å². The van der Waals surface area contributed by atoms with E-state index in [2.05, 4.69) is 11.7 Å². The van der Waals surface area contributed by atoms with Crippen LogP contribution in [0, 0.1) is 0 Å². The molecular formula is C25H28NO6PS. The lowest BCUT2D eigenvalue weighted by Gasteiger charge is -2.24. The minimum absolute atomic E-state index is 0.0370. The molecule has 2 aromatic carbocycles. The van der Waals surface area contributed by atoms with Crippen LogP contribution in [-0.4, -0.2) is 31.2 Å². The minimum Gasteiger partial charge on any atom is -0.465 e. The second-order valence-corrected chi connectivity index (χ2v) is 10.8. The van der Waals surface area contributed by atoms with Gasteiger partial charge in [-0.25, -0.2) is 9.88 Å². The van der Waals surface area contributed by atoms with Crippen molar-refractivity contribution >= 4 is 40.9 Å². The number of ether oxygens (including phenoxy) is 2. The van der Waals surface area contributed by atoms with E-state index < -0.39 is 25.5 Å². The maximum absolute atomic E-state index is 13.9. The fourth-order valence-corrected chi connectivity index (χ4v) is 6.15. The van der Waals surface area contributed by atoms with Gasteiger partial charge < -0.3 is 14.0 Å². The first-order valence-corrected chi connectivity index (χ1v) is 13.5. The van der Waals surface area contributed by atoms with Crippen molar-refractivity contribution < 1.29 is 28.2 Å². The van der Waals surface area contributed by atoms with Crippen molar-refractivity contribution in [1.29, 1.82) is 0 Å². The zero-order chi connectivity index (χ0) is 24.6. The van der Waals surface area contributed by atoms with Crippen LogP contribution in [0.5, 0.6) is 5.75 Å². The van der Waals surface area contributed by atoms with Crippen molar-refractivity contribution in [2.75, 3.05) is 13.2 Å². The van der Waals surface area contributed by atoms with Crippen LogP contribution in [0.15, 0.2) is 67.3 Å². The van der Waals surface area contributed by atoms with Gasteiger partial charge in [0.2, 0.25) is 0 Å². The number of thiophene rings is 1. The molecule has 0 bridgehead atoms. The molecule has 0 aliphatic carbocycles. The number of carbonyl (C=O) groups is 2. The Kier molecular flexibility index (Phi) is 9.05. The molecule has 0 aliphatic heterocycles. The monoisotopic (exact) mass is 501 g/mol. The molecular weight excluding hydrogens is 473 g/mol. The van der Waals surface area contributed by atoms with Crippen molar-refractivity contribution in [2.24, 2.45) is 0 Å². The van der Waals surface area contributed by atoms with Crippen LogP contribution in [0.1, 0.15) is 35.5 Å². The van der Waals surface area contributed by atoms with Gasteiger partial charge in [0.1, 0.15) is 23.3 Å². The molecule has 0 amide bonds. The normalized spacial score (nSPS) is 13.6. The zero-order valence-electron chi connectivity index (χ0n) is 19.2. The van der Waals surface area contributed by atoms with E-state index in [0.717, 1.165) is 15.6 Å². The maximum atomic E-state index is 13.9. The smallest absolute Gasteiger partial charge is 0.348 e. The summed E-state index contributed by atoms with van der Waals surface area (Å²) in [6, 6.07) is 15.3. The molecule has 1 aromatic heterocycles. The van der Waals surface area contributed by atoms with Gasteiger partial charge >= 0.3 is 19.5 Å². The number of rotatable bonds is 12. The summed E-state index contributed by atoms with van der Waals surface area (Å²) in [5.74, 6) is -0.479. The molecule has 7 nitrogen and oxygen atoms in total. The summed E-state index contributed by atoms with van der Waals surface area (Å²) < 4.78 is 31.0. The Bertz CT molecular complexity index is 1190. The number of carbonyl (C=O) groups excluding carboxylic acids is 2. The number of fused-ring (bicyclic) bond motifs is 1. The molecule has 9 heteroatoms. The summed E-state index contributed by atoms with van der Waals surface area (Å²) in [5.41, 5.74) is 0.734. The highest BCUT2D eigenvalue weighted by Gasteiger charge is 2.31. The van der Waals surface area contributed by atoms with E-state index in [1.807, 2.05) is 31.2 Å². The number of para-hydroxylation sites is 1. The summed E-state index contributed by atoms with van der Waals surface area (Å²) in [6.45, 7) is 7.48. The molecule has 1 unspecified atom stereocenters. The van der Waals surface area contributed by atoms with Crippen LogP contribution in [0.4, 0.5) is 0 Å². The van der Waals surface area contributed by atoms with E-state index in [0.29, 0.717) is 23.7 Å². The van der Waals surface area contributed by atoms with Crippen LogP contribution in [0.2, 0.25) is 0 Å². The molecule has 0 radical (unpaired) electrons. The maximum Gasteiger partial charge on any atom is 0.348 e. The fraction of sp³-hybridized carbons (Fsp3) is 0.280. The van der Waals surface area contributed by atoms with E-state index in [1.54, 1.807) is 37.3 Å². The molecule has 34 heavy (non-hydrogen) atoms. The Morgan fingerprint density at radius 1 is 1.15 bits per heavy atom. The molecule has 0 saturated carbocycles. The summed E-state index contributed by atoms with van der Waals surface area (Å²) in [4.78, 5) is 24.9. The number of nitrogens with one attached hydrogen (secondary N) is 1. The summed E-state index contributed by atoms with van der Waals surface area (Å²) in [5, 5.41) is 3.70. The summed E-state index contributed by atoms with van der Waals surface area (Å²) >= 11 is 1.32. The van der Waals surface area contributed by atoms with Crippen molar-refractivity contribution in [1.82, 2.24) is 5.09 Å². The highest BCUT2D eigenvalue weighted by molar-refractivity contribution is 7.56. The van der Waals surface area contributed by atoms with Gasteiger partial charge in [0.25, 0.3) is 0 Å². The molecule has 0 fully saturated rings. The lowest BCUT2D eigenvalue weighted by atomic mass is 10.2. The lowest BCUT2D eigenvalue weighted by molar-refractivity contribution is -0.145. The van der Waals surface area contributed by atoms with Gasteiger partial charge in [-0.15, -0.1) is 11.3 Å². The van der Waals surface area contributed by atoms with E-state index in [1.165, 1.54) is 17.4 Å². The largest absolute Gasteiger partial charge is 0.465 e. The molecule has 180 valence electrons. The minimum atomic E-state index is -3.56. The molecule has 0 saturated heterocycles. The molecule has 0 aliphatic rings. The topological polar surface area (TPSA) is 90.9 Å². The van der Waals surface area contributed by atoms with Crippen molar-refractivity contribution in [2.45, 2.75) is 32.5 Å². The van der Waals surface area contributed by atoms with E-state index in [-0.39, 0.29) is 12.8 Å². The molecule has 0 spiro atoms. The Morgan fingerprint density at radius 2 is 1.91 bits per heavy atom. The van der Waals surface area contributed by atoms with Gasteiger partial charge in [-0.3, -0.25) is 9.36 Å². The summed E-state index contributed by atoms with van der Waals surface area (Å²) in [7, 11) is -3.56. The molecule has 1 heterocycles. The number of benzene rings is 2. The molecule has 1 N–H and O–H groups in total. The Hall–Kier alpha value is -2.93. The van der Waals surface area contributed by atoms with E-state index in [4.69, 9.17) is 14.0 Å². The molecule has 3 aromatic rings. The first-order chi connectivity index (χ1) is 16.3. The second kappa shape index (κ2) is 12.0. The van der Waals surface area contributed by atoms with E-state index in [9.17, 15) is 14.2 Å². The third-order valence-electron chi connectivity index (χ3n) is 4.69. The third kappa shape index (κ3) is 7.03. The molecule has 2 atom stereocenters. The van der Waals surface area contributed by atoms with E-state index >= 15 is 0 Å². The van der Waals surface area contributed by atoms with Crippen LogP contribution < -0.4 is 9.61 Å². The number of esters is 2. The quantitative estimate of drug-likeness (QED) is 0.186. The SMILES string of the molecule is C=CCOC(=O)c1cc2cc(CP(=O)(N[C@@H](C)C(=O)OCCC)Oc3ccccc3)ccc2s1. The van der Waals surface area contributed by atoms with Gasteiger partial charge in [-0.05, 0) is 54.6 Å².